The molecule has 1 aromatic carbocycles. The van der Waals surface area contributed by atoms with Crippen molar-refractivity contribution in [1.29, 1.82) is 0 Å². The Bertz CT molecular complexity index is 340. The van der Waals surface area contributed by atoms with Crippen LogP contribution in [0.3, 0.4) is 0 Å². The summed E-state index contributed by atoms with van der Waals surface area (Å²) < 4.78 is 0. The molecule has 0 atom stereocenters. The van der Waals surface area contributed by atoms with Gasteiger partial charge in [-0.1, -0.05) is 12.1 Å². The Labute approximate surface area is 80.7 Å². The molecule has 0 amide bonds. The van der Waals surface area contributed by atoms with Crippen molar-refractivity contribution < 1.29 is 15.0 Å². The van der Waals surface area contributed by atoms with Gasteiger partial charge in [-0.3, -0.25) is 0 Å². The van der Waals surface area contributed by atoms with E-state index in [0.29, 0.717) is 5.56 Å². The predicted molar refractivity (Wildman–Crippen MR) is 51.9 cm³/mol. The van der Waals surface area contributed by atoms with Gasteiger partial charge >= 0.3 is 5.97 Å². The molecular formula is C9H8O3S. The number of hydrogen-bond donors (Lipinski definition) is 3. The van der Waals surface area contributed by atoms with Gasteiger partial charge in [0.15, 0.2) is 0 Å². The molecule has 0 saturated carbocycles. The van der Waals surface area contributed by atoms with Crippen LogP contribution in [0, 0.1) is 0 Å². The summed E-state index contributed by atoms with van der Waals surface area (Å²) in [6.07, 6.45) is 1.18. The second-order valence-electron chi connectivity index (χ2n) is 2.43. The van der Waals surface area contributed by atoms with Gasteiger partial charge in [0.2, 0.25) is 5.76 Å². The molecule has 0 aliphatic rings. The summed E-state index contributed by atoms with van der Waals surface area (Å²) in [6.45, 7) is 0. The number of aliphatic hydroxyl groups excluding tert-OH is 1. The second-order valence-corrected chi connectivity index (χ2v) is 2.94. The van der Waals surface area contributed by atoms with Crippen molar-refractivity contribution in [2.24, 2.45) is 0 Å². The zero-order valence-corrected chi connectivity index (χ0v) is 7.53. The summed E-state index contributed by atoms with van der Waals surface area (Å²) in [4.78, 5) is 11.0. The molecule has 2 N–H and O–H groups in total. The van der Waals surface area contributed by atoms with Crippen LogP contribution in [0.25, 0.3) is 6.08 Å². The summed E-state index contributed by atoms with van der Waals surface area (Å²) in [5.74, 6) is -2.01. The van der Waals surface area contributed by atoms with Gasteiger partial charge < -0.3 is 10.2 Å². The van der Waals surface area contributed by atoms with E-state index in [1.807, 2.05) is 0 Å². The smallest absolute Gasteiger partial charge is 0.370 e. The first-order valence-electron chi connectivity index (χ1n) is 3.52. The Morgan fingerprint density at radius 3 is 2.23 bits per heavy atom. The van der Waals surface area contributed by atoms with Crippen LogP contribution in [0.2, 0.25) is 0 Å². The van der Waals surface area contributed by atoms with Crippen LogP contribution in [-0.4, -0.2) is 16.2 Å². The number of thiol groups is 1. The van der Waals surface area contributed by atoms with Crippen molar-refractivity contribution in [3.63, 3.8) is 0 Å². The maximum atomic E-state index is 10.2. The van der Waals surface area contributed by atoms with Crippen LogP contribution in [0.5, 0.6) is 0 Å². The van der Waals surface area contributed by atoms with Gasteiger partial charge in [0, 0.05) is 4.90 Å². The second kappa shape index (κ2) is 4.00. The fourth-order valence-electron chi connectivity index (χ4n) is 0.790. The third-order valence-corrected chi connectivity index (χ3v) is 1.71. The fourth-order valence-corrected chi connectivity index (χ4v) is 0.939. The highest BCUT2D eigenvalue weighted by molar-refractivity contribution is 7.80. The molecule has 3 nitrogen and oxygen atoms in total. The lowest BCUT2D eigenvalue weighted by molar-refractivity contribution is -0.135. The molecule has 1 rings (SSSR count). The molecule has 0 fully saturated rings. The minimum atomic E-state index is -1.34. The standard InChI is InChI=1S/C9H8O3S/c10-8(9(11)12)5-6-1-3-7(13)4-2-6/h1-5,10,13H,(H,11,12). The van der Waals surface area contributed by atoms with E-state index < -0.39 is 11.7 Å². The van der Waals surface area contributed by atoms with Gasteiger partial charge in [0.05, 0.1) is 0 Å². The molecule has 0 unspecified atom stereocenters. The Kier molecular flexibility index (Phi) is 2.97. The number of carboxylic acids is 1. The van der Waals surface area contributed by atoms with Crippen LogP contribution < -0.4 is 0 Å². The van der Waals surface area contributed by atoms with E-state index in [2.05, 4.69) is 12.6 Å². The molecular weight excluding hydrogens is 188 g/mol. The number of aliphatic hydroxyl groups is 1. The lowest BCUT2D eigenvalue weighted by atomic mass is 10.2. The van der Waals surface area contributed by atoms with Gasteiger partial charge in [-0.25, -0.2) is 4.79 Å². The van der Waals surface area contributed by atoms with Crippen molar-refractivity contribution >= 4 is 24.7 Å². The highest BCUT2D eigenvalue weighted by Crippen LogP contribution is 2.10. The summed E-state index contributed by atoms with van der Waals surface area (Å²) in [6, 6.07) is 6.76. The zero-order valence-electron chi connectivity index (χ0n) is 6.64. The van der Waals surface area contributed by atoms with E-state index in [1.165, 1.54) is 6.08 Å². The molecule has 0 aliphatic carbocycles. The fraction of sp³-hybridized carbons (Fsp3) is 0. The molecule has 0 aromatic heterocycles. The zero-order chi connectivity index (χ0) is 9.84. The first-order valence-corrected chi connectivity index (χ1v) is 3.97. The van der Waals surface area contributed by atoms with E-state index in [-0.39, 0.29) is 0 Å². The Morgan fingerprint density at radius 1 is 1.23 bits per heavy atom. The van der Waals surface area contributed by atoms with Gasteiger partial charge in [-0.05, 0) is 23.8 Å². The van der Waals surface area contributed by atoms with Crippen LogP contribution in [0.4, 0.5) is 0 Å². The molecule has 0 spiro atoms. The van der Waals surface area contributed by atoms with Crippen LogP contribution in [-0.2, 0) is 4.79 Å². The van der Waals surface area contributed by atoms with Gasteiger partial charge in [0.25, 0.3) is 0 Å². The number of aliphatic carboxylic acids is 1. The average Bonchev–Trinajstić information content (AvgIpc) is 2.08. The van der Waals surface area contributed by atoms with E-state index in [0.717, 1.165) is 4.90 Å². The highest BCUT2D eigenvalue weighted by atomic mass is 32.1. The topological polar surface area (TPSA) is 57.5 Å². The SMILES string of the molecule is O=C(O)C(O)=Cc1ccc(S)cc1. The number of carboxylic acid groups (broad SMARTS) is 1. The van der Waals surface area contributed by atoms with Gasteiger partial charge in [-0.2, -0.15) is 0 Å². The van der Waals surface area contributed by atoms with E-state index >= 15 is 0 Å². The maximum Gasteiger partial charge on any atom is 0.370 e. The minimum absolute atomic E-state index is 0.623. The third kappa shape index (κ3) is 2.83. The molecule has 0 radical (unpaired) electrons. The first-order chi connectivity index (χ1) is 6.09. The van der Waals surface area contributed by atoms with Crippen molar-refractivity contribution in [3.05, 3.63) is 35.6 Å². The maximum absolute atomic E-state index is 10.2. The number of benzene rings is 1. The monoisotopic (exact) mass is 196 g/mol. The third-order valence-electron chi connectivity index (χ3n) is 1.42. The van der Waals surface area contributed by atoms with E-state index in [9.17, 15) is 4.79 Å². The molecule has 68 valence electrons. The highest BCUT2D eigenvalue weighted by Gasteiger charge is 2.02. The summed E-state index contributed by atoms with van der Waals surface area (Å²) in [7, 11) is 0. The van der Waals surface area contributed by atoms with Crippen molar-refractivity contribution in [1.82, 2.24) is 0 Å². The number of rotatable bonds is 2. The summed E-state index contributed by atoms with van der Waals surface area (Å²) in [5, 5.41) is 17.3. The predicted octanol–water partition coefficient (Wildman–Crippen LogP) is 1.96. The van der Waals surface area contributed by atoms with Gasteiger partial charge in [-0.15, -0.1) is 12.6 Å². The molecule has 0 aliphatic heterocycles. The summed E-state index contributed by atoms with van der Waals surface area (Å²) in [5.41, 5.74) is 0.623. The number of carbonyl (C=O) groups is 1. The minimum Gasteiger partial charge on any atom is -0.502 e. The van der Waals surface area contributed by atoms with Crippen LogP contribution >= 0.6 is 12.6 Å². The quantitative estimate of drug-likeness (QED) is 0.385. The van der Waals surface area contributed by atoms with Crippen molar-refractivity contribution in [2.75, 3.05) is 0 Å². The first kappa shape index (κ1) is 9.67. The largest absolute Gasteiger partial charge is 0.502 e. The number of hydrogen-bond acceptors (Lipinski definition) is 3. The Hall–Kier alpha value is -1.42. The van der Waals surface area contributed by atoms with Gasteiger partial charge in [0.1, 0.15) is 0 Å². The van der Waals surface area contributed by atoms with E-state index in [1.54, 1.807) is 24.3 Å². The molecule has 0 bridgehead atoms. The summed E-state index contributed by atoms with van der Waals surface area (Å²) >= 11 is 4.06. The molecule has 4 heteroatoms. The molecule has 0 heterocycles. The van der Waals surface area contributed by atoms with Crippen molar-refractivity contribution in [3.8, 4) is 0 Å². The van der Waals surface area contributed by atoms with Crippen LogP contribution in [0.1, 0.15) is 5.56 Å². The van der Waals surface area contributed by atoms with Crippen molar-refractivity contribution in [2.45, 2.75) is 4.90 Å². The lowest BCUT2D eigenvalue weighted by Crippen LogP contribution is -1.98. The lowest BCUT2D eigenvalue weighted by Gasteiger charge is -1.95. The Balaban J connectivity index is 2.92. The molecule has 0 saturated heterocycles. The van der Waals surface area contributed by atoms with Crippen LogP contribution in [0.15, 0.2) is 34.9 Å². The van der Waals surface area contributed by atoms with E-state index in [4.69, 9.17) is 10.2 Å². The molecule has 1 aromatic rings. The Morgan fingerprint density at radius 2 is 1.77 bits per heavy atom. The average molecular weight is 196 g/mol. The molecule has 13 heavy (non-hydrogen) atoms. The normalized spacial score (nSPS) is 11.3.